The van der Waals surface area contributed by atoms with Crippen molar-refractivity contribution in [3.8, 4) is 5.69 Å². The van der Waals surface area contributed by atoms with Crippen LogP contribution < -0.4 is 16.8 Å². The number of benzene rings is 1. The van der Waals surface area contributed by atoms with Crippen molar-refractivity contribution >= 4 is 22.6 Å². The van der Waals surface area contributed by atoms with Gasteiger partial charge in [0.2, 0.25) is 0 Å². The molecule has 0 bridgehead atoms. The van der Waals surface area contributed by atoms with Crippen LogP contribution in [0.1, 0.15) is 67.9 Å². The van der Waals surface area contributed by atoms with Gasteiger partial charge in [0.15, 0.2) is 0 Å². The quantitative estimate of drug-likeness (QED) is 0.545. The lowest BCUT2D eigenvalue weighted by Crippen LogP contribution is -2.33. The number of rotatable bonds is 6. The predicted octanol–water partition coefficient (Wildman–Crippen LogP) is 4.46. The second-order valence-corrected chi connectivity index (χ2v) is 8.59. The largest absolute Gasteiger partial charge is 0.381 e. The topological polar surface area (TPSA) is 99.0 Å². The first-order valence-electron chi connectivity index (χ1n) is 11.0. The molecule has 0 spiro atoms. The van der Waals surface area contributed by atoms with Crippen molar-refractivity contribution in [2.75, 3.05) is 5.32 Å². The van der Waals surface area contributed by atoms with Gasteiger partial charge in [-0.3, -0.25) is 9.36 Å². The molecule has 7 heteroatoms. The Labute approximate surface area is 181 Å². The van der Waals surface area contributed by atoms with Crippen LogP contribution in [0, 0.1) is 5.82 Å². The molecule has 1 amide bonds. The van der Waals surface area contributed by atoms with E-state index >= 15 is 0 Å². The van der Waals surface area contributed by atoms with Crippen LogP contribution in [0.15, 0.2) is 36.5 Å². The van der Waals surface area contributed by atoms with Gasteiger partial charge < -0.3 is 16.8 Å². The van der Waals surface area contributed by atoms with Gasteiger partial charge in [-0.2, -0.15) is 0 Å². The molecule has 2 aromatic heterocycles. The molecule has 0 saturated heterocycles. The molecule has 1 saturated carbocycles. The second-order valence-electron chi connectivity index (χ2n) is 8.59. The van der Waals surface area contributed by atoms with Gasteiger partial charge in [0, 0.05) is 35.0 Å². The van der Waals surface area contributed by atoms with Crippen LogP contribution in [0.4, 0.5) is 10.1 Å². The Hall–Kier alpha value is -2.93. The Kier molecular flexibility index (Phi) is 5.96. The average molecular weight is 424 g/mol. The molecule has 31 heavy (non-hydrogen) atoms. The highest BCUT2D eigenvalue weighted by Crippen LogP contribution is 2.36. The van der Waals surface area contributed by atoms with Gasteiger partial charge in [-0.1, -0.05) is 13.8 Å². The minimum Gasteiger partial charge on any atom is -0.381 e. The summed E-state index contributed by atoms with van der Waals surface area (Å²) in [5, 5.41) is 4.44. The Balaban J connectivity index is 1.89. The highest BCUT2D eigenvalue weighted by atomic mass is 19.1. The zero-order valence-electron chi connectivity index (χ0n) is 18.1. The first-order valence-corrected chi connectivity index (χ1v) is 11.0. The lowest BCUT2D eigenvalue weighted by molar-refractivity contribution is 0.100. The zero-order chi connectivity index (χ0) is 22.1. The molecular formula is C24H30FN5O. The maximum absolute atomic E-state index is 13.6. The van der Waals surface area contributed by atoms with Gasteiger partial charge in [0.1, 0.15) is 11.5 Å². The number of carbonyl (C=O) groups excluding carboxylic acids is 1. The lowest BCUT2D eigenvalue weighted by Gasteiger charge is -2.28. The van der Waals surface area contributed by atoms with Crippen LogP contribution >= 0.6 is 0 Å². The number of pyridine rings is 1. The lowest BCUT2D eigenvalue weighted by atomic mass is 9.91. The number of nitrogens with two attached hydrogens (primary N) is 2. The molecule has 4 rings (SSSR count). The smallest absolute Gasteiger partial charge is 0.252 e. The minimum absolute atomic E-state index is 0.227. The van der Waals surface area contributed by atoms with Crippen LogP contribution in [0.25, 0.3) is 16.7 Å². The second kappa shape index (κ2) is 8.67. The van der Waals surface area contributed by atoms with E-state index in [1.807, 2.05) is 0 Å². The van der Waals surface area contributed by atoms with E-state index in [4.69, 9.17) is 11.5 Å². The van der Waals surface area contributed by atoms with Crippen LogP contribution in [-0.2, 0) is 0 Å². The van der Waals surface area contributed by atoms with E-state index in [0.29, 0.717) is 5.56 Å². The zero-order valence-corrected chi connectivity index (χ0v) is 18.1. The molecule has 1 atom stereocenters. The third-order valence-electron chi connectivity index (χ3n) is 6.45. The van der Waals surface area contributed by atoms with Gasteiger partial charge in [-0.25, -0.2) is 9.37 Å². The molecular weight excluding hydrogens is 393 g/mol. The summed E-state index contributed by atoms with van der Waals surface area (Å²) in [6.45, 7) is 4.28. The van der Waals surface area contributed by atoms with E-state index in [9.17, 15) is 9.18 Å². The van der Waals surface area contributed by atoms with Gasteiger partial charge >= 0.3 is 0 Å². The number of nitrogens with zero attached hydrogens (tertiary/aromatic N) is 2. The number of hydrogen-bond acceptors (Lipinski definition) is 4. The summed E-state index contributed by atoms with van der Waals surface area (Å²) in [5.74, 6) is -0.548. The van der Waals surface area contributed by atoms with Crippen molar-refractivity contribution in [2.45, 2.75) is 64.0 Å². The molecule has 2 heterocycles. The maximum Gasteiger partial charge on any atom is 0.252 e. The number of hydrogen-bond donors (Lipinski definition) is 3. The summed E-state index contributed by atoms with van der Waals surface area (Å²) in [5.41, 5.74) is 15.5. The minimum atomic E-state index is -0.510. The molecule has 164 valence electrons. The predicted molar refractivity (Wildman–Crippen MR) is 122 cm³/mol. The first-order chi connectivity index (χ1) is 14.9. The summed E-state index contributed by atoms with van der Waals surface area (Å²) in [6, 6.07) is 8.95. The normalized spacial score (nSPS) is 20.0. The third kappa shape index (κ3) is 4.14. The fourth-order valence-corrected chi connectivity index (χ4v) is 4.41. The third-order valence-corrected chi connectivity index (χ3v) is 6.45. The summed E-state index contributed by atoms with van der Waals surface area (Å²) in [4.78, 5) is 16.8. The summed E-state index contributed by atoms with van der Waals surface area (Å²) < 4.78 is 15.6. The van der Waals surface area contributed by atoms with Gasteiger partial charge in [0.05, 0.1) is 11.3 Å². The number of anilines is 1. The molecule has 6 nitrogen and oxygen atoms in total. The van der Waals surface area contributed by atoms with Crippen molar-refractivity contribution in [1.29, 1.82) is 0 Å². The van der Waals surface area contributed by atoms with E-state index in [-0.39, 0.29) is 23.8 Å². The number of nitrogens with one attached hydrogen (secondary N) is 1. The molecule has 1 fully saturated rings. The molecule has 1 aliphatic rings. The van der Waals surface area contributed by atoms with E-state index in [0.717, 1.165) is 60.2 Å². The fourth-order valence-electron chi connectivity index (χ4n) is 4.41. The molecule has 1 unspecified atom stereocenters. The molecule has 1 aromatic carbocycles. The number of primary amides is 1. The van der Waals surface area contributed by atoms with Crippen LogP contribution in [-0.4, -0.2) is 27.5 Å². The Morgan fingerprint density at radius 2 is 1.94 bits per heavy atom. The molecule has 0 aliphatic heterocycles. The van der Waals surface area contributed by atoms with Crippen LogP contribution in [0.3, 0.4) is 0 Å². The average Bonchev–Trinajstić information content (AvgIpc) is 3.15. The van der Waals surface area contributed by atoms with Crippen molar-refractivity contribution in [3.63, 3.8) is 0 Å². The van der Waals surface area contributed by atoms with E-state index in [1.54, 1.807) is 18.3 Å². The number of carbonyl (C=O) groups is 1. The number of amides is 1. The summed E-state index contributed by atoms with van der Waals surface area (Å²) >= 11 is 0. The van der Waals surface area contributed by atoms with E-state index in [2.05, 4.69) is 34.8 Å². The first kappa shape index (κ1) is 21.3. The molecule has 0 radical (unpaired) electrons. The van der Waals surface area contributed by atoms with Gasteiger partial charge in [0.25, 0.3) is 5.91 Å². The van der Waals surface area contributed by atoms with E-state index < -0.39 is 5.91 Å². The fraction of sp³-hybridized carbons (Fsp3) is 0.417. The SMILES string of the molecule is CCC(C)c1cc2c(NC3CCC(N)CC3)c(C(N)=O)cnc2n1-c1ccc(F)cc1. The molecule has 3 aromatic rings. The van der Waals surface area contributed by atoms with Crippen molar-refractivity contribution in [3.05, 3.63) is 53.6 Å². The van der Waals surface area contributed by atoms with Crippen molar-refractivity contribution in [2.24, 2.45) is 11.5 Å². The van der Waals surface area contributed by atoms with Crippen molar-refractivity contribution in [1.82, 2.24) is 9.55 Å². The van der Waals surface area contributed by atoms with E-state index in [1.165, 1.54) is 12.1 Å². The maximum atomic E-state index is 13.6. The number of halogens is 1. The highest BCUT2D eigenvalue weighted by Gasteiger charge is 2.25. The Bertz CT molecular complexity index is 1080. The van der Waals surface area contributed by atoms with Crippen molar-refractivity contribution < 1.29 is 9.18 Å². The van der Waals surface area contributed by atoms with Crippen LogP contribution in [0.2, 0.25) is 0 Å². The number of aromatic nitrogens is 2. The Morgan fingerprint density at radius 3 is 2.55 bits per heavy atom. The summed E-state index contributed by atoms with van der Waals surface area (Å²) in [7, 11) is 0. The molecule has 5 N–H and O–H groups in total. The summed E-state index contributed by atoms with van der Waals surface area (Å²) in [6.07, 6.45) is 6.27. The standard InChI is InChI=1S/C24H30FN5O/c1-3-14(2)21-12-19-22(29-17-8-6-16(26)7-9-17)20(23(27)31)13-28-24(19)30(21)18-10-4-15(25)5-11-18/h4-5,10-14,16-17H,3,6-9,26H2,1-2H3,(H2,27,31)(H,28,29). The van der Waals surface area contributed by atoms with Gasteiger partial charge in [-0.15, -0.1) is 0 Å². The monoisotopic (exact) mass is 423 g/mol. The molecule has 1 aliphatic carbocycles. The Morgan fingerprint density at radius 1 is 1.26 bits per heavy atom. The van der Waals surface area contributed by atoms with Gasteiger partial charge in [-0.05, 0) is 68.4 Å². The highest BCUT2D eigenvalue weighted by molar-refractivity contribution is 6.06. The number of fused-ring (bicyclic) bond motifs is 1. The van der Waals surface area contributed by atoms with Crippen LogP contribution in [0.5, 0.6) is 0 Å².